The largest absolute Gasteiger partial charge is 0.358 e. The van der Waals surface area contributed by atoms with Gasteiger partial charge >= 0.3 is 0 Å². The van der Waals surface area contributed by atoms with Gasteiger partial charge < -0.3 is 4.90 Å². The Balaban J connectivity index is 1.84. The fraction of sp³-hybridized carbons (Fsp3) is 0.0417. The van der Waals surface area contributed by atoms with Crippen molar-refractivity contribution in [3.63, 3.8) is 0 Å². The van der Waals surface area contributed by atoms with E-state index >= 15 is 0 Å². The predicted octanol–water partition coefficient (Wildman–Crippen LogP) is 5.64. The lowest BCUT2D eigenvalue weighted by molar-refractivity contribution is 0.546. The highest BCUT2D eigenvalue weighted by atomic mass is 15.1. The first kappa shape index (κ1) is 15.5. The van der Waals surface area contributed by atoms with E-state index in [1.165, 1.54) is 34.0 Å². The molecule has 1 aliphatic rings. The molecule has 3 aromatic rings. The van der Waals surface area contributed by atoms with E-state index in [2.05, 4.69) is 115 Å². The molecule has 0 saturated carbocycles. The van der Waals surface area contributed by atoms with Crippen LogP contribution in [0, 0.1) is 6.04 Å². The van der Waals surface area contributed by atoms with Crippen LogP contribution in [0.15, 0.2) is 103 Å². The van der Waals surface area contributed by atoms with Crippen LogP contribution in [0.5, 0.6) is 0 Å². The van der Waals surface area contributed by atoms with Crippen molar-refractivity contribution in [2.75, 3.05) is 7.05 Å². The Kier molecular flexibility index (Phi) is 4.22. The standard InChI is InChI=1S/C24H20N/c1-25-23(20-13-7-3-8-14-20)17-22(19-11-5-2-6-12-19)18-24(25)21-15-9-4-10-16-21/h2-18H,1H3. The predicted molar refractivity (Wildman–Crippen MR) is 105 cm³/mol. The second-order valence-electron chi connectivity index (χ2n) is 6.17. The van der Waals surface area contributed by atoms with Gasteiger partial charge in [0, 0.05) is 12.7 Å². The minimum absolute atomic E-state index is 1.21. The highest BCUT2D eigenvalue weighted by Gasteiger charge is 2.24. The SMILES string of the molecule is CN1[C](c2ccccc2)C=C(c2ccccc2)C=C1c1ccccc1. The van der Waals surface area contributed by atoms with Crippen LogP contribution in [-0.4, -0.2) is 11.9 Å². The number of nitrogens with zero attached hydrogens (tertiary/aromatic N) is 1. The van der Waals surface area contributed by atoms with E-state index in [4.69, 9.17) is 0 Å². The van der Waals surface area contributed by atoms with Crippen molar-refractivity contribution in [2.24, 2.45) is 0 Å². The van der Waals surface area contributed by atoms with Gasteiger partial charge in [0.25, 0.3) is 0 Å². The van der Waals surface area contributed by atoms with Crippen molar-refractivity contribution in [1.82, 2.24) is 4.90 Å². The van der Waals surface area contributed by atoms with Crippen LogP contribution in [0.3, 0.4) is 0 Å². The topological polar surface area (TPSA) is 3.24 Å². The van der Waals surface area contributed by atoms with E-state index in [0.717, 1.165) is 0 Å². The first-order valence-electron chi connectivity index (χ1n) is 8.53. The Hall–Kier alpha value is -3.06. The Labute approximate surface area is 149 Å². The summed E-state index contributed by atoms with van der Waals surface area (Å²) in [6.07, 6.45) is 4.55. The van der Waals surface area contributed by atoms with Crippen LogP contribution < -0.4 is 0 Å². The summed E-state index contributed by atoms with van der Waals surface area (Å²) >= 11 is 0. The minimum Gasteiger partial charge on any atom is -0.358 e. The molecule has 0 saturated heterocycles. The van der Waals surface area contributed by atoms with Crippen molar-refractivity contribution < 1.29 is 0 Å². The highest BCUT2D eigenvalue weighted by molar-refractivity contribution is 5.88. The molecule has 0 amide bonds. The Morgan fingerprint density at radius 1 is 0.520 bits per heavy atom. The molecule has 0 atom stereocenters. The average Bonchev–Trinajstić information content (AvgIpc) is 2.70. The van der Waals surface area contributed by atoms with Crippen molar-refractivity contribution >= 4 is 11.3 Å². The summed E-state index contributed by atoms with van der Waals surface area (Å²) in [5.74, 6) is 0. The third-order valence-corrected chi connectivity index (χ3v) is 4.55. The summed E-state index contributed by atoms with van der Waals surface area (Å²) in [6, 6.07) is 32.9. The van der Waals surface area contributed by atoms with Crippen LogP contribution in [0.25, 0.3) is 11.3 Å². The molecule has 1 heteroatoms. The van der Waals surface area contributed by atoms with Crippen LogP contribution in [0.1, 0.15) is 16.7 Å². The summed E-state index contributed by atoms with van der Waals surface area (Å²) < 4.78 is 0. The van der Waals surface area contributed by atoms with Gasteiger partial charge in [0.05, 0.1) is 0 Å². The van der Waals surface area contributed by atoms with Crippen LogP contribution in [0.4, 0.5) is 0 Å². The lowest BCUT2D eigenvalue weighted by atomic mass is 9.92. The molecule has 121 valence electrons. The van der Waals surface area contributed by atoms with Crippen molar-refractivity contribution in [1.29, 1.82) is 0 Å². The molecule has 1 heterocycles. The van der Waals surface area contributed by atoms with Crippen LogP contribution in [0.2, 0.25) is 0 Å². The Morgan fingerprint density at radius 3 is 1.56 bits per heavy atom. The monoisotopic (exact) mass is 322 g/mol. The molecule has 0 aliphatic carbocycles. The second kappa shape index (κ2) is 6.82. The number of hydrogen-bond acceptors (Lipinski definition) is 1. The molecule has 25 heavy (non-hydrogen) atoms. The van der Waals surface area contributed by atoms with E-state index in [0.29, 0.717) is 0 Å². The third-order valence-electron chi connectivity index (χ3n) is 4.55. The number of benzene rings is 3. The normalized spacial score (nSPS) is 14.8. The molecule has 3 aromatic carbocycles. The smallest absolute Gasteiger partial charge is 0.116 e. The quantitative estimate of drug-likeness (QED) is 0.603. The van der Waals surface area contributed by atoms with E-state index < -0.39 is 0 Å². The summed E-state index contributed by atoms with van der Waals surface area (Å²) in [7, 11) is 2.14. The average molecular weight is 322 g/mol. The lowest BCUT2D eigenvalue weighted by Gasteiger charge is -2.34. The first-order valence-corrected chi connectivity index (χ1v) is 8.53. The zero-order chi connectivity index (χ0) is 17.1. The molecule has 0 spiro atoms. The minimum atomic E-state index is 1.21. The summed E-state index contributed by atoms with van der Waals surface area (Å²) in [5.41, 5.74) is 6.12. The van der Waals surface area contributed by atoms with Gasteiger partial charge in [-0.25, -0.2) is 0 Å². The molecule has 0 aromatic heterocycles. The number of likely N-dealkylation sites (N-methyl/N-ethyl adjacent to an activating group) is 1. The maximum atomic E-state index is 2.27. The van der Waals surface area contributed by atoms with Gasteiger partial charge in [-0.2, -0.15) is 0 Å². The third kappa shape index (κ3) is 3.14. The van der Waals surface area contributed by atoms with Gasteiger partial charge in [-0.1, -0.05) is 91.0 Å². The number of allylic oxidation sites excluding steroid dienone is 2. The summed E-state index contributed by atoms with van der Waals surface area (Å²) in [4.78, 5) is 2.27. The van der Waals surface area contributed by atoms with Crippen molar-refractivity contribution in [2.45, 2.75) is 0 Å². The lowest BCUT2D eigenvalue weighted by Crippen LogP contribution is -2.25. The number of hydrogen-bond donors (Lipinski definition) is 0. The molecular formula is C24H20N. The second-order valence-corrected chi connectivity index (χ2v) is 6.17. The molecule has 1 nitrogen and oxygen atoms in total. The fourth-order valence-electron chi connectivity index (χ4n) is 3.23. The maximum Gasteiger partial charge on any atom is 0.116 e. The van der Waals surface area contributed by atoms with E-state index in [1.807, 2.05) is 0 Å². The molecule has 0 fully saturated rings. The van der Waals surface area contributed by atoms with E-state index in [1.54, 1.807) is 0 Å². The van der Waals surface area contributed by atoms with Crippen molar-refractivity contribution in [3.05, 3.63) is 126 Å². The Morgan fingerprint density at radius 2 is 1.00 bits per heavy atom. The Bertz CT molecular complexity index is 893. The van der Waals surface area contributed by atoms with Gasteiger partial charge in [-0.15, -0.1) is 0 Å². The molecule has 1 aliphatic heterocycles. The maximum absolute atomic E-state index is 2.27. The first-order chi connectivity index (χ1) is 12.3. The number of rotatable bonds is 3. The molecule has 1 radical (unpaired) electrons. The summed E-state index contributed by atoms with van der Waals surface area (Å²) in [6.45, 7) is 0. The molecule has 0 N–H and O–H groups in total. The van der Waals surface area contributed by atoms with Crippen molar-refractivity contribution in [3.8, 4) is 0 Å². The molecular weight excluding hydrogens is 302 g/mol. The zero-order valence-electron chi connectivity index (χ0n) is 14.3. The van der Waals surface area contributed by atoms with Gasteiger partial charge in [0.1, 0.15) is 6.04 Å². The van der Waals surface area contributed by atoms with Gasteiger partial charge in [-0.3, -0.25) is 0 Å². The van der Waals surface area contributed by atoms with Gasteiger partial charge in [-0.05, 0) is 34.4 Å². The highest BCUT2D eigenvalue weighted by Crippen LogP contribution is 2.37. The van der Waals surface area contributed by atoms with Gasteiger partial charge in [0.2, 0.25) is 0 Å². The molecule has 0 bridgehead atoms. The van der Waals surface area contributed by atoms with Crippen LogP contribution in [-0.2, 0) is 0 Å². The van der Waals surface area contributed by atoms with Crippen LogP contribution >= 0.6 is 0 Å². The van der Waals surface area contributed by atoms with Gasteiger partial charge in [0.15, 0.2) is 0 Å². The zero-order valence-corrected chi connectivity index (χ0v) is 14.3. The fourth-order valence-corrected chi connectivity index (χ4v) is 3.23. The summed E-state index contributed by atoms with van der Waals surface area (Å²) in [5, 5.41) is 0. The molecule has 0 unspecified atom stereocenters. The molecule has 4 rings (SSSR count). The van der Waals surface area contributed by atoms with E-state index in [9.17, 15) is 0 Å². The van der Waals surface area contributed by atoms with E-state index in [-0.39, 0.29) is 0 Å².